The van der Waals surface area contributed by atoms with Gasteiger partial charge in [0.2, 0.25) is 5.95 Å². The lowest BCUT2D eigenvalue weighted by molar-refractivity contribution is -0.154. The van der Waals surface area contributed by atoms with Crippen LogP contribution >= 0.6 is 11.6 Å². The van der Waals surface area contributed by atoms with Crippen molar-refractivity contribution in [3.8, 4) is 6.01 Å². The lowest BCUT2D eigenvalue weighted by Gasteiger charge is -2.19. The first-order valence-electron chi connectivity index (χ1n) is 11.3. The Balaban J connectivity index is 1.56. The standard InChI is InChI=1S/C25H22ClF3N4O4S/c1-2-38(35,36)14-20(34)17-5-3-16(4-6-17)13-21-30-22(32-23(31-21)37-15-25(27,28)29)33-24(11-12-24)18-7-9-19(26)10-8-18/h2-10H,1,11-15H2,(H,30,31,32,33). The first-order valence-corrected chi connectivity index (χ1v) is 13.4. The molecule has 1 N–H and O–H groups in total. The molecule has 1 aliphatic rings. The minimum absolute atomic E-state index is 0.0565. The van der Waals surface area contributed by atoms with Gasteiger partial charge in [0.25, 0.3) is 0 Å². The van der Waals surface area contributed by atoms with Gasteiger partial charge in [-0.25, -0.2) is 8.42 Å². The summed E-state index contributed by atoms with van der Waals surface area (Å²) in [5.41, 5.74) is 1.26. The number of hydrogen-bond acceptors (Lipinski definition) is 8. The van der Waals surface area contributed by atoms with Crippen LogP contribution < -0.4 is 10.1 Å². The molecule has 1 heterocycles. The second-order valence-electron chi connectivity index (χ2n) is 8.75. The highest BCUT2D eigenvalue weighted by atomic mass is 35.5. The number of halogens is 4. The summed E-state index contributed by atoms with van der Waals surface area (Å²) < 4.78 is 66.3. The first kappa shape index (κ1) is 27.5. The van der Waals surface area contributed by atoms with E-state index >= 15 is 0 Å². The molecule has 0 radical (unpaired) electrons. The molecule has 0 atom stereocenters. The second-order valence-corrected chi connectivity index (χ2v) is 11.1. The van der Waals surface area contributed by atoms with Crippen LogP contribution in [0.5, 0.6) is 6.01 Å². The number of benzene rings is 2. The fourth-order valence-electron chi connectivity index (χ4n) is 3.65. The van der Waals surface area contributed by atoms with Crippen LogP contribution in [0.2, 0.25) is 5.02 Å². The fraction of sp³-hybridized carbons (Fsp3) is 0.280. The summed E-state index contributed by atoms with van der Waals surface area (Å²) in [5.74, 6) is -1.10. The summed E-state index contributed by atoms with van der Waals surface area (Å²) in [4.78, 5) is 24.7. The summed E-state index contributed by atoms with van der Waals surface area (Å²) in [6.45, 7) is 1.62. The van der Waals surface area contributed by atoms with E-state index in [2.05, 4.69) is 26.8 Å². The molecule has 0 amide bonds. The highest BCUT2D eigenvalue weighted by Gasteiger charge is 2.45. The van der Waals surface area contributed by atoms with Gasteiger partial charge in [-0.15, -0.1) is 0 Å². The van der Waals surface area contributed by atoms with E-state index in [1.807, 2.05) is 12.1 Å². The summed E-state index contributed by atoms with van der Waals surface area (Å²) in [5, 5.41) is 4.50. The van der Waals surface area contributed by atoms with E-state index in [9.17, 15) is 26.4 Å². The van der Waals surface area contributed by atoms with Crippen LogP contribution in [0.3, 0.4) is 0 Å². The van der Waals surface area contributed by atoms with Crippen molar-refractivity contribution in [2.45, 2.75) is 31.0 Å². The molecule has 4 rings (SSSR count). The molecule has 2 aromatic carbocycles. The third kappa shape index (κ3) is 7.29. The average Bonchev–Trinajstić information content (AvgIpc) is 3.63. The van der Waals surface area contributed by atoms with Gasteiger partial charge in [0.15, 0.2) is 22.2 Å². The van der Waals surface area contributed by atoms with E-state index in [0.717, 1.165) is 23.8 Å². The van der Waals surface area contributed by atoms with Crippen LogP contribution in [0.15, 0.2) is 60.5 Å². The van der Waals surface area contributed by atoms with Gasteiger partial charge in [-0.1, -0.05) is 54.6 Å². The predicted octanol–water partition coefficient (Wildman–Crippen LogP) is 4.90. The molecule has 1 aromatic heterocycles. The Hall–Kier alpha value is -3.51. The fourth-order valence-corrected chi connectivity index (χ4v) is 4.43. The van der Waals surface area contributed by atoms with Crippen molar-refractivity contribution in [2.24, 2.45) is 0 Å². The van der Waals surface area contributed by atoms with E-state index in [1.165, 1.54) is 12.1 Å². The van der Waals surface area contributed by atoms with Gasteiger partial charge in [-0.3, -0.25) is 4.79 Å². The van der Waals surface area contributed by atoms with Crippen molar-refractivity contribution in [1.82, 2.24) is 15.0 Å². The SMILES string of the molecule is C=CS(=O)(=O)CC(=O)c1ccc(Cc2nc(NC3(c4ccc(Cl)cc4)CC3)nc(OCC(F)(F)F)n2)cc1. The number of nitrogens with one attached hydrogen (secondary N) is 1. The molecule has 1 saturated carbocycles. The Bertz CT molecular complexity index is 1440. The van der Waals surface area contributed by atoms with Gasteiger partial charge in [-0.05, 0) is 36.1 Å². The van der Waals surface area contributed by atoms with Crippen molar-refractivity contribution in [3.05, 3.63) is 88.1 Å². The summed E-state index contributed by atoms with van der Waals surface area (Å²) in [6.07, 6.45) is -2.98. The lowest BCUT2D eigenvalue weighted by Crippen LogP contribution is -2.23. The quantitative estimate of drug-likeness (QED) is 0.326. The van der Waals surface area contributed by atoms with Crippen LogP contribution in [0, 0.1) is 0 Å². The number of alkyl halides is 3. The van der Waals surface area contributed by atoms with Crippen LogP contribution in [-0.2, 0) is 21.8 Å². The van der Waals surface area contributed by atoms with E-state index in [0.29, 0.717) is 10.6 Å². The molecule has 0 unspecified atom stereocenters. The maximum Gasteiger partial charge on any atom is 0.422 e. The molecule has 200 valence electrons. The van der Waals surface area contributed by atoms with Gasteiger partial charge < -0.3 is 10.1 Å². The molecule has 1 aliphatic carbocycles. The Kier molecular flexibility index (Phi) is 7.75. The van der Waals surface area contributed by atoms with Crippen molar-refractivity contribution >= 4 is 33.2 Å². The highest BCUT2D eigenvalue weighted by molar-refractivity contribution is 7.94. The minimum atomic E-state index is -4.58. The topological polar surface area (TPSA) is 111 Å². The number of Topliss-reactive ketones (excluding diaryl/α,β-unsaturated/α-hetero) is 1. The monoisotopic (exact) mass is 566 g/mol. The predicted molar refractivity (Wildman–Crippen MR) is 135 cm³/mol. The average molecular weight is 567 g/mol. The second kappa shape index (κ2) is 10.7. The Morgan fingerprint density at radius 1 is 1.08 bits per heavy atom. The van der Waals surface area contributed by atoms with E-state index in [-0.39, 0.29) is 23.8 Å². The number of anilines is 1. The number of nitrogens with zero attached hydrogens (tertiary/aromatic N) is 3. The van der Waals surface area contributed by atoms with E-state index in [1.54, 1.807) is 24.3 Å². The molecule has 8 nitrogen and oxygen atoms in total. The lowest BCUT2D eigenvalue weighted by atomic mass is 10.1. The van der Waals surface area contributed by atoms with Crippen molar-refractivity contribution in [2.75, 3.05) is 17.7 Å². The largest absolute Gasteiger partial charge is 0.454 e. The third-order valence-electron chi connectivity index (χ3n) is 5.75. The highest BCUT2D eigenvalue weighted by Crippen LogP contribution is 2.48. The Morgan fingerprint density at radius 3 is 2.32 bits per heavy atom. The van der Waals surface area contributed by atoms with E-state index in [4.69, 9.17) is 16.3 Å². The number of carbonyl (C=O) groups excluding carboxylic acids is 1. The molecule has 38 heavy (non-hydrogen) atoms. The van der Waals surface area contributed by atoms with Crippen molar-refractivity contribution < 1.29 is 31.1 Å². The normalized spacial score (nSPS) is 14.5. The maximum atomic E-state index is 12.8. The molecule has 0 saturated heterocycles. The zero-order chi connectivity index (χ0) is 27.6. The Morgan fingerprint density at radius 2 is 1.74 bits per heavy atom. The van der Waals surface area contributed by atoms with Gasteiger partial charge in [0.05, 0.1) is 5.54 Å². The van der Waals surface area contributed by atoms with Crippen LogP contribution in [0.25, 0.3) is 0 Å². The maximum absolute atomic E-state index is 12.8. The van der Waals surface area contributed by atoms with E-state index < -0.39 is 45.7 Å². The van der Waals surface area contributed by atoms with Crippen LogP contribution in [0.4, 0.5) is 19.1 Å². The zero-order valence-corrected chi connectivity index (χ0v) is 21.4. The number of aromatic nitrogens is 3. The van der Waals surface area contributed by atoms with Crippen molar-refractivity contribution in [3.63, 3.8) is 0 Å². The van der Waals surface area contributed by atoms with Crippen LogP contribution in [0.1, 0.15) is 40.2 Å². The van der Waals surface area contributed by atoms with Gasteiger partial charge in [0.1, 0.15) is 11.6 Å². The first-order chi connectivity index (χ1) is 17.9. The molecular formula is C25H22ClF3N4O4S. The third-order valence-corrected chi connectivity index (χ3v) is 7.17. The molecular weight excluding hydrogens is 545 g/mol. The minimum Gasteiger partial charge on any atom is -0.454 e. The number of rotatable bonds is 11. The molecule has 0 spiro atoms. The number of ether oxygens (including phenoxy) is 1. The summed E-state index contributed by atoms with van der Waals surface area (Å²) in [6, 6.07) is 12.8. The molecule has 3 aromatic rings. The summed E-state index contributed by atoms with van der Waals surface area (Å²) >= 11 is 5.98. The van der Waals surface area contributed by atoms with Gasteiger partial charge >= 0.3 is 12.2 Å². The molecule has 0 bridgehead atoms. The zero-order valence-electron chi connectivity index (χ0n) is 19.8. The number of ketones is 1. The molecule has 0 aliphatic heterocycles. The number of carbonyl (C=O) groups is 1. The van der Waals surface area contributed by atoms with Gasteiger partial charge in [-0.2, -0.15) is 28.1 Å². The molecule has 1 fully saturated rings. The number of sulfone groups is 1. The molecule has 13 heteroatoms. The van der Waals surface area contributed by atoms with Crippen molar-refractivity contribution in [1.29, 1.82) is 0 Å². The number of hydrogen-bond donors (Lipinski definition) is 1. The Labute approximate surface area is 221 Å². The summed E-state index contributed by atoms with van der Waals surface area (Å²) in [7, 11) is -3.70. The van der Waals surface area contributed by atoms with Crippen LogP contribution in [-0.4, -0.2) is 47.7 Å². The van der Waals surface area contributed by atoms with Gasteiger partial charge in [0, 0.05) is 22.4 Å². The smallest absolute Gasteiger partial charge is 0.422 e.